The van der Waals surface area contributed by atoms with Gasteiger partial charge in [-0.2, -0.15) is 0 Å². The summed E-state index contributed by atoms with van der Waals surface area (Å²) in [6, 6.07) is 12.2. The summed E-state index contributed by atoms with van der Waals surface area (Å²) in [5.74, 6) is 0.0666. The van der Waals surface area contributed by atoms with Crippen molar-refractivity contribution in [3.8, 4) is 5.75 Å². The van der Waals surface area contributed by atoms with E-state index >= 15 is 0 Å². The standard InChI is InChI=1S/C18H15FN2O3/c1-24-15-8-6-14(7-9-15)21-17(11-20-23)16(10-18(21)22)12-2-4-13(19)5-3-12/h2-11,17,23H,1H3/b20-11-/t17-/m0/s1. The Labute approximate surface area is 138 Å². The molecule has 0 spiro atoms. The second-order valence-electron chi connectivity index (χ2n) is 5.22. The average Bonchev–Trinajstić information content (AvgIpc) is 2.92. The average molecular weight is 326 g/mol. The fourth-order valence-corrected chi connectivity index (χ4v) is 2.70. The first-order valence-corrected chi connectivity index (χ1v) is 7.26. The van der Waals surface area contributed by atoms with Crippen molar-refractivity contribution in [1.29, 1.82) is 0 Å². The molecule has 1 atom stereocenters. The third kappa shape index (κ3) is 2.86. The van der Waals surface area contributed by atoms with Crippen LogP contribution in [-0.4, -0.2) is 30.5 Å². The van der Waals surface area contributed by atoms with Gasteiger partial charge in [0.2, 0.25) is 0 Å². The maximum Gasteiger partial charge on any atom is 0.252 e. The number of oxime groups is 1. The molecule has 3 rings (SSSR count). The Morgan fingerprint density at radius 3 is 2.42 bits per heavy atom. The van der Waals surface area contributed by atoms with Gasteiger partial charge < -0.3 is 9.94 Å². The van der Waals surface area contributed by atoms with Crippen LogP contribution in [0.25, 0.3) is 5.57 Å². The van der Waals surface area contributed by atoms with Gasteiger partial charge >= 0.3 is 0 Å². The third-order valence-corrected chi connectivity index (χ3v) is 3.85. The van der Waals surface area contributed by atoms with Crippen LogP contribution in [0.5, 0.6) is 5.75 Å². The summed E-state index contributed by atoms with van der Waals surface area (Å²) in [6.45, 7) is 0. The predicted molar refractivity (Wildman–Crippen MR) is 88.9 cm³/mol. The Kier molecular flexibility index (Phi) is 4.29. The van der Waals surface area contributed by atoms with Crippen molar-refractivity contribution in [3.63, 3.8) is 0 Å². The molecule has 0 radical (unpaired) electrons. The molecular weight excluding hydrogens is 311 g/mol. The SMILES string of the molecule is COc1ccc(N2C(=O)C=C(c3ccc(F)cc3)[C@@H]2/C=N\O)cc1. The van der Waals surface area contributed by atoms with Crippen molar-refractivity contribution in [2.75, 3.05) is 12.0 Å². The van der Waals surface area contributed by atoms with Gasteiger partial charge in [-0.1, -0.05) is 17.3 Å². The van der Waals surface area contributed by atoms with E-state index in [4.69, 9.17) is 9.94 Å². The zero-order valence-corrected chi connectivity index (χ0v) is 12.9. The molecule has 1 aliphatic heterocycles. The number of halogens is 1. The van der Waals surface area contributed by atoms with E-state index in [1.165, 1.54) is 29.3 Å². The lowest BCUT2D eigenvalue weighted by Crippen LogP contribution is -2.36. The zero-order chi connectivity index (χ0) is 17.1. The van der Waals surface area contributed by atoms with Gasteiger partial charge in [0.25, 0.3) is 5.91 Å². The molecule has 0 fully saturated rings. The van der Waals surface area contributed by atoms with Gasteiger partial charge in [0.15, 0.2) is 0 Å². The summed E-state index contributed by atoms with van der Waals surface area (Å²) in [5, 5.41) is 12.1. The molecule has 6 heteroatoms. The van der Waals surface area contributed by atoms with Crippen molar-refractivity contribution in [3.05, 3.63) is 66.0 Å². The molecular formula is C18H15FN2O3. The number of hydrogen-bond donors (Lipinski definition) is 1. The van der Waals surface area contributed by atoms with Gasteiger partial charge in [0.1, 0.15) is 17.6 Å². The molecule has 0 saturated heterocycles. The van der Waals surface area contributed by atoms with Gasteiger partial charge in [-0.05, 0) is 47.5 Å². The van der Waals surface area contributed by atoms with Crippen molar-refractivity contribution in [1.82, 2.24) is 0 Å². The molecule has 0 unspecified atom stereocenters. The fraction of sp³-hybridized carbons (Fsp3) is 0.111. The zero-order valence-electron chi connectivity index (χ0n) is 12.9. The van der Waals surface area contributed by atoms with E-state index in [0.29, 0.717) is 22.6 Å². The van der Waals surface area contributed by atoms with Gasteiger partial charge in [0.05, 0.1) is 13.3 Å². The van der Waals surface area contributed by atoms with Crippen LogP contribution in [-0.2, 0) is 4.79 Å². The topological polar surface area (TPSA) is 62.1 Å². The lowest BCUT2D eigenvalue weighted by atomic mass is 10.0. The Balaban J connectivity index is 1.99. The number of methoxy groups -OCH3 is 1. The molecule has 0 saturated carbocycles. The summed E-state index contributed by atoms with van der Waals surface area (Å²) in [4.78, 5) is 14.0. The van der Waals surface area contributed by atoms with Gasteiger partial charge in [0, 0.05) is 11.8 Å². The molecule has 0 aliphatic carbocycles. The van der Waals surface area contributed by atoms with E-state index in [9.17, 15) is 9.18 Å². The number of carbonyl (C=O) groups is 1. The molecule has 1 N–H and O–H groups in total. The molecule has 0 aromatic heterocycles. The van der Waals surface area contributed by atoms with Crippen molar-refractivity contribution >= 4 is 23.4 Å². The largest absolute Gasteiger partial charge is 0.497 e. The highest BCUT2D eigenvalue weighted by Gasteiger charge is 2.33. The lowest BCUT2D eigenvalue weighted by molar-refractivity contribution is -0.113. The van der Waals surface area contributed by atoms with E-state index in [1.807, 2.05) is 0 Å². The molecule has 122 valence electrons. The first-order valence-electron chi connectivity index (χ1n) is 7.26. The van der Waals surface area contributed by atoms with E-state index in [-0.39, 0.29) is 11.7 Å². The number of ether oxygens (including phenoxy) is 1. The monoisotopic (exact) mass is 326 g/mol. The maximum absolute atomic E-state index is 13.1. The Hall–Kier alpha value is -3.15. The van der Waals surface area contributed by atoms with E-state index in [1.54, 1.807) is 43.5 Å². The van der Waals surface area contributed by atoms with Crippen LogP contribution in [0, 0.1) is 5.82 Å². The van der Waals surface area contributed by atoms with E-state index in [2.05, 4.69) is 5.16 Å². The van der Waals surface area contributed by atoms with Crippen molar-refractivity contribution in [2.45, 2.75) is 6.04 Å². The molecule has 2 aromatic carbocycles. The summed E-state index contributed by atoms with van der Waals surface area (Å²) >= 11 is 0. The Bertz CT molecular complexity index is 798. The normalized spacial score (nSPS) is 17.4. The van der Waals surface area contributed by atoms with E-state index < -0.39 is 6.04 Å². The van der Waals surface area contributed by atoms with Crippen LogP contribution < -0.4 is 9.64 Å². The van der Waals surface area contributed by atoms with Gasteiger partial charge in [-0.3, -0.25) is 9.69 Å². The summed E-state index contributed by atoms with van der Waals surface area (Å²) in [6.07, 6.45) is 2.73. The van der Waals surface area contributed by atoms with Gasteiger partial charge in [-0.25, -0.2) is 4.39 Å². The molecule has 1 amide bonds. The molecule has 24 heavy (non-hydrogen) atoms. The lowest BCUT2D eigenvalue weighted by Gasteiger charge is -2.24. The predicted octanol–water partition coefficient (Wildman–Crippen LogP) is 3.09. The van der Waals surface area contributed by atoms with Crippen LogP contribution in [0.3, 0.4) is 0 Å². The minimum absolute atomic E-state index is 0.246. The number of carbonyl (C=O) groups excluding carboxylic acids is 1. The summed E-state index contributed by atoms with van der Waals surface area (Å²) in [5.41, 5.74) is 1.96. The third-order valence-electron chi connectivity index (χ3n) is 3.85. The quantitative estimate of drug-likeness (QED) is 0.533. The van der Waals surface area contributed by atoms with Gasteiger partial charge in [-0.15, -0.1) is 0 Å². The van der Waals surface area contributed by atoms with Crippen LogP contribution in [0.15, 0.2) is 59.8 Å². The first kappa shape index (κ1) is 15.7. The van der Waals surface area contributed by atoms with Crippen LogP contribution >= 0.6 is 0 Å². The van der Waals surface area contributed by atoms with Crippen LogP contribution in [0.4, 0.5) is 10.1 Å². The van der Waals surface area contributed by atoms with Crippen LogP contribution in [0.1, 0.15) is 5.56 Å². The number of nitrogens with zero attached hydrogens (tertiary/aromatic N) is 2. The van der Waals surface area contributed by atoms with Crippen molar-refractivity contribution < 1.29 is 19.1 Å². The number of hydrogen-bond acceptors (Lipinski definition) is 4. The molecule has 1 aliphatic rings. The summed E-state index contributed by atoms with van der Waals surface area (Å²) in [7, 11) is 1.56. The minimum Gasteiger partial charge on any atom is -0.497 e. The van der Waals surface area contributed by atoms with Crippen molar-refractivity contribution in [2.24, 2.45) is 5.16 Å². The molecule has 2 aromatic rings. The number of anilines is 1. The smallest absolute Gasteiger partial charge is 0.252 e. The second-order valence-corrected chi connectivity index (χ2v) is 5.22. The molecule has 5 nitrogen and oxygen atoms in total. The minimum atomic E-state index is -0.582. The Morgan fingerprint density at radius 2 is 1.83 bits per heavy atom. The number of rotatable bonds is 4. The molecule has 0 bridgehead atoms. The highest BCUT2D eigenvalue weighted by atomic mass is 19.1. The first-order chi connectivity index (χ1) is 11.6. The molecule has 1 heterocycles. The summed E-state index contributed by atoms with van der Waals surface area (Å²) < 4.78 is 18.2. The second kappa shape index (κ2) is 6.54. The van der Waals surface area contributed by atoms with E-state index in [0.717, 1.165) is 0 Å². The fourth-order valence-electron chi connectivity index (χ4n) is 2.70. The maximum atomic E-state index is 13.1. The Morgan fingerprint density at radius 1 is 1.17 bits per heavy atom. The number of amides is 1. The van der Waals surface area contributed by atoms with Crippen LogP contribution in [0.2, 0.25) is 0 Å². The highest BCUT2D eigenvalue weighted by Crippen LogP contribution is 2.32. The highest BCUT2D eigenvalue weighted by molar-refractivity contribution is 6.17. The number of benzene rings is 2.